The van der Waals surface area contributed by atoms with Crippen LogP contribution in [0.5, 0.6) is 5.75 Å². The summed E-state index contributed by atoms with van der Waals surface area (Å²) in [6.45, 7) is 4.50. The van der Waals surface area contributed by atoms with E-state index in [4.69, 9.17) is 0 Å². The SMILES string of the molecule is CC(C)N1CCC(Nc2cccc(OC(F)(F)F)c2)C1=O. The van der Waals surface area contributed by atoms with E-state index in [-0.39, 0.29) is 17.7 Å². The second kappa shape index (κ2) is 5.83. The summed E-state index contributed by atoms with van der Waals surface area (Å²) >= 11 is 0. The maximum Gasteiger partial charge on any atom is 0.573 e. The molecule has 1 aliphatic heterocycles. The molecular weight excluding hydrogens is 285 g/mol. The number of rotatable bonds is 4. The van der Waals surface area contributed by atoms with Crippen molar-refractivity contribution in [2.24, 2.45) is 0 Å². The van der Waals surface area contributed by atoms with Crippen molar-refractivity contribution in [3.8, 4) is 5.75 Å². The third-order valence-electron chi connectivity index (χ3n) is 3.27. The van der Waals surface area contributed by atoms with Crippen LogP contribution in [0.15, 0.2) is 24.3 Å². The van der Waals surface area contributed by atoms with Gasteiger partial charge in [0.1, 0.15) is 11.8 Å². The van der Waals surface area contributed by atoms with Crippen LogP contribution < -0.4 is 10.1 Å². The Balaban J connectivity index is 2.04. The molecule has 0 spiro atoms. The molecule has 7 heteroatoms. The Morgan fingerprint density at radius 3 is 2.67 bits per heavy atom. The summed E-state index contributed by atoms with van der Waals surface area (Å²) in [5.41, 5.74) is 0.431. The third kappa shape index (κ3) is 4.03. The summed E-state index contributed by atoms with van der Waals surface area (Å²) in [6, 6.07) is 5.21. The van der Waals surface area contributed by atoms with Crippen molar-refractivity contribution in [1.82, 2.24) is 4.90 Å². The number of amides is 1. The lowest BCUT2D eigenvalue weighted by molar-refractivity contribution is -0.274. The zero-order chi connectivity index (χ0) is 15.6. The number of likely N-dealkylation sites (tertiary alicyclic amines) is 1. The molecule has 116 valence electrons. The van der Waals surface area contributed by atoms with Gasteiger partial charge in [-0.2, -0.15) is 0 Å². The molecule has 2 rings (SSSR count). The summed E-state index contributed by atoms with van der Waals surface area (Å²) in [7, 11) is 0. The van der Waals surface area contributed by atoms with Gasteiger partial charge in [-0.25, -0.2) is 0 Å². The molecule has 0 saturated carbocycles. The van der Waals surface area contributed by atoms with Crippen molar-refractivity contribution in [2.75, 3.05) is 11.9 Å². The minimum atomic E-state index is -4.73. The molecule has 4 nitrogen and oxygen atoms in total. The summed E-state index contributed by atoms with van der Waals surface area (Å²) in [4.78, 5) is 13.9. The van der Waals surface area contributed by atoms with E-state index in [9.17, 15) is 18.0 Å². The first-order chi connectivity index (χ1) is 9.76. The molecule has 0 bridgehead atoms. The topological polar surface area (TPSA) is 41.6 Å². The van der Waals surface area contributed by atoms with Gasteiger partial charge in [-0.1, -0.05) is 6.07 Å². The normalized spacial score (nSPS) is 19.2. The van der Waals surface area contributed by atoms with Gasteiger partial charge in [0.05, 0.1) is 0 Å². The molecule has 0 aliphatic carbocycles. The van der Waals surface area contributed by atoms with Crippen LogP contribution in [0.2, 0.25) is 0 Å². The molecule has 1 fully saturated rings. The van der Waals surface area contributed by atoms with Crippen molar-refractivity contribution in [1.29, 1.82) is 0 Å². The van der Waals surface area contributed by atoms with Gasteiger partial charge in [0.25, 0.3) is 0 Å². The molecule has 1 heterocycles. The average Bonchev–Trinajstić information content (AvgIpc) is 2.69. The van der Waals surface area contributed by atoms with Gasteiger partial charge in [-0.3, -0.25) is 4.79 Å². The molecule has 1 saturated heterocycles. The van der Waals surface area contributed by atoms with Crippen LogP contribution in [0.4, 0.5) is 18.9 Å². The second-order valence-electron chi connectivity index (χ2n) is 5.19. The fourth-order valence-corrected chi connectivity index (χ4v) is 2.33. The van der Waals surface area contributed by atoms with Crippen LogP contribution in [0, 0.1) is 0 Å². The Morgan fingerprint density at radius 2 is 2.10 bits per heavy atom. The molecule has 1 aliphatic rings. The van der Waals surface area contributed by atoms with Gasteiger partial charge in [0, 0.05) is 24.3 Å². The summed E-state index contributed by atoms with van der Waals surface area (Å²) < 4.78 is 40.4. The lowest BCUT2D eigenvalue weighted by atomic mass is 10.2. The van der Waals surface area contributed by atoms with Crippen LogP contribution in [0.1, 0.15) is 20.3 Å². The Bertz CT molecular complexity index is 517. The number of carbonyl (C=O) groups excluding carboxylic acids is 1. The molecular formula is C14H17F3N2O2. The molecule has 1 aromatic rings. The summed E-state index contributed by atoms with van der Waals surface area (Å²) in [6.07, 6.45) is -4.10. The third-order valence-corrected chi connectivity index (χ3v) is 3.27. The Hall–Kier alpha value is -1.92. The Labute approximate surface area is 120 Å². The summed E-state index contributed by atoms with van der Waals surface area (Å²) in [5.74, 6) is -0.342. The molecule has 1 N–H and O–H groups in total. The van der Waals surface area contributed by atoms with Crippen LogP contribution in [0.3, 0.4) is 0 Å². The van der Waals surface area contributed by atoms with Crippen molar-refractivity contribution < 1.29 is 22.7 Å². The van der Waals surface area contributed by atoms with E-state index >= 15 is 0 Å². The largest absolute Gasteiger partial charge is 0.573 e. The van der Waals surface area contributed by atoms with E-state index < -0.39 is 12.4 Å². The van der Waals surface area contributed by atoms with E-state index in [1.807, 2.05) is 13.8 Å². The molecule has 1 unspecified atom stereocenters. The van der Waals surface area contributed by atoms with E-state index in [0.29, 0.717) is 18.7 Å². The number of benzene rings is 1. The molecule has 1 atom stereocenters. The van der Waals surface area contributed by atoms with E-state index in [1.165, 1.54) is 18.2 Å². The molecule has 0 radical (unpaired) electrons. The number of halogens is 3. The number of carbonyl (C=O) groups is 1. The summed E-state index contributed by atoms with van der Waals surface area (Å²) in [5, 5.41) is 2.96. The zero-order valence-corrected chi connectivity index (χ0v) is 11.8. The van der Waals surface area contributed by atoms with Gasteiger partial charge in [-0.15, -0.1) is 13.2 Å². The zero-order valence-electron chi connectivity index (χ0n) is 11.8. The number of ether oxygens (including phenoxy) is 1. The smallest absolute Gasteiger partial charge is 0.406 e. The highest BCUT2D eigenvalue weighted by molar-refractivity contribution is 5.87. The fraction of sp³-hybridized carbons (Fsp3) is 0.500. The fourth-order valence-electron chi connectivity index (χ4n) is 2.33. The number of hydrogen-bond acceptors (Lipinski definition) is 3. The number of nitrogens with zero attached hydrogens (tertiary/aromatic N) is 1. The van der Waals surface area contributed by atoms with Crippen molar-refractivity contribution in [3.05, 3.63) is 24.3 Å². The number of alkyl halides is 3. The quantitative estimate of drug-likeness (QED) is 0.929. The molecule has 21 heavy (non-hydrogen) atoms. The molecule has 1 aromatic carbocycles. The first kappa shape index (κ1) is 15.5. The van der Waals surface area contributed by atoms with Gasteiger partial charge in [-0.05, 0) is 32.4 Å². The van der Waals surface area contributed by atoms with Gasteiger partial charge < -0.3 is 15.0 Å². The second-order valence-corrected chi connectivity index (χ2v) is 5.19. The van der Waals surface area contributed by atoms with Crippen LogP contribution >= 0.6 is 0 Å². The number of anilines is 1. The predicted octanol–water partition coefficient (Wildman–Crippen LogP) is 3.01. The van der Waals surface area contributed by atoms with Gasteiger partial charge in [0.15, 0.2) is 0 Å². The molecule has 0 aromatic heterocycles. The maximum absolute atomic E-state index is 12.2. The standard InChI is InChI=1S/C14H17F3N2O2/c1-9(2)19-7-6-12(13(19)20)18-10-4-3-5-11(8-10)21-14(15,16)17/h3-5,8-9,12,18H,6-7H2,1-2H3. The van der Waals surface area contributed by atoms with Crippen LogP contribution in [-0.2, 0) is 4.79 Å². The van der Waals surface area contributed by atoms with E-state index in [0.717, 1.165) is 0 Å². The Morgan fingerprint density at radius 1 is 1.38 bits per heavy atom. The van der Waals surface area contributed by atoms with Gasteiger partial charge in [0.2, 0.25) is 5.91 Å². The van der Waals surface area contributed by atoms with Crippen molar-refractivity contribution in [3.63, 3.8) is 0 Å². The number of hydrogen-bond donors (Lipinski definition) is 1. The first-order valence-corrected chi connectivity index (χ1v) is 6.69. The highest BCUT2D eigenvalue weighted by Crippen LogP contribution is 2.26. The van der Waals surface area contributed by atoms with Crippen molar-refractivity contribution >= 4 is 11.6 Å². The van der Waals surface area contributed by atoms with Crippen molar-refractivity contribution in [2.45, 2.75) is 38.7 Å². The van der Waals surface area contributed by atoms with E-state index in [2.05, 4.69) is 10.1 Å². The molecule has 1 amide bonds. The highest BCUT2D eigenvalue weighted by Gasteiger charge is 2.33. The predicted molar refractivity (Wildman–Crippen MR) is 72.0 cm³/mol. The minimum absolute atomic E-state index is 0.0351. The lowest BCUT2D eigenvalue weighted by Gasteiger charge is -2.21. The lowest BCUT2D eigenvalue weighted by Crippen LogP contribution is -2.37. The van der Waals surface area contributed by atoms with Crippen LogP contribution in [0.25, 0.3) is 0 Å². The van der Waals surface area contributed by atoms with Crippen LogP contribution in [-0.4, -0.2) is 35.8 Å². The van der Waals surface area contributed by atoms with Gasteiger partial charge >= 0.3 is 6.36 Å². The minimum Gasteiger partial charge on any atom is -0.406 e. The first-order valence-electron chi connectivity index (χ1n) is 6.69. The average molecular weight is 302 g/mol. The highest BCUT2D eigenvalue weighted by atomic mass is 19.4. The van der Waals surface area contributed by atoms with E-state index in [1.54, 1.807) is 11.0 Å². The Kier molecular flexibility index (Phi) is 4.29. The monoisotopic (exact) mass is 302 g/mol. The maximum atomic E-state index is 12.2. The number of nitrogens with one attached hydrogen (secondary N) is 1.